The van der Waals surface area contributed by atoms with Gasteiger partial charge in [-0.05, 0) is 18.9 Å². The molecule has 0 spiro atoms. The van der Waals surface area contributed by atoms with E-state index in [9.17, 15) is 5.11 Å². The van der Waals surface area contributed by atoms with Gasteiger partial charge in [0.15, 0.2) is 0 Å². The highest BCUT2D eigenvalue weighted by molar-refractivity contribution is 5.27. The van der Waals surface area contributed by atoms with Crippen LogP contribution in [0.2, 0.25) is 0 Å². The number of aliphatic hydroxyl groups is 1. The summed E-state index contributed by atoms with van der Waals surface area (Å²) in [4.78, 5) is 0. The molecule has 0 saturated heterocycles. The lowest BCUT2D eigenvalue weighted by molar-refractivity contribution is -0.0492. The van der Waals surface area contributed by atoms with E-state index in [4.69, 9.17) is 9.15 Å². The number of methoxy groups -OCH3 is 1. The molecule has 0 aliphatic heterocycles. The number of hydrogen-bond donors (Lipinski definition) is 1. The second kappa shape index (κ2) is 3.16. The molecule has 1 unspecified atom stereocenters. The van der Waals surface area contributed by atoms with Gasteiger partial charge in [0.05, 0.1) is 12.9 Å². The third-order valence-corrected chi connectivity index (χ3v) is 2.62. The highest BCUT2D eigenvalue weighted by Crippen LogP contribution is 2.35. The Bertz CT molecular complexity index is 292. The maximum atomic E-state index is 10.2. The minimum absolute atomic E-state index is 0.347. The van der Waals surface area contributed by atoms with E-state index in [1.807, 2.05) is 6.07 Å². The first-order chi connectivity index (χ1) is 6.26. The van der Waals surface area contributed by atoms with Gasteiger partial charge >= 0.3 is 0 Å². The van der Waals surface area contributed by atoms with Gasteiger partial charge in [0, 0.05) is 19.1 Å². The van der Waals surface area contributed by atoms with Gasteiger partial charge < -0.3 is 14.3 Å². The van der Waals surface area contributed by atoms with Crippen LogP contribution in [-0.2, 0) is 16.8 Å². The zero-order valence-electron chi connectivity index (χ0n) is 7.75. The second-order valence-corrected chi connectivity index (χ2v) is 3.58. The number of aryl methyl sites for hydroxylation is 1. The average Bonchev–Trinajstić information content (AvgIpc) is 2.54. The molecule has 1 aromatic rings. The molecular formula is C10H14O3. The molecule has 0 amide bonds. The van der Waals surface area contributed by atoms with Crippen molar-refractivity contribution in [3.63, 3.8) is 0 Å². The van der Waals surface area contributed by atoms with Crippen molar-refractivity contribution >= 4 is 0 Å². The van der Waals surface area contributed by atoms with Crippen molar-refractivity contribution in [1.82, 2.24) is 0 Å². The summed E-state index contributed by atoms with van der Waals surface area (Å²) in [5.74, 6) is 0.908. The highest BCUT2D eigenvalue weighted by atomic mass is 16.5. The van der Waals surface area contributed by atoms with Gasteiger partial charge in [-0.3, -0.25) is 0 Å². The summed E-state index contributed by atoms with van der Waals surface area (Å²) >= 11 is 0. The Balaban J connectivity index is 2.33. The van der Waals surface area contributed by atoms with Gasteiger partial charge in [0.25, 0.3) is 0 Å². The first-order valence-electron chi connectivity index (χ1n) is 4.54. The summed E-state index contributed by atoms with van der Waals surface area (Å²) in [6.07, 6.45) is 4.28. The van der Waals surface area contributed by atoms with Crippen molar-refractivity contribution in [2.24, 2.45) is 0 Å². The molecule has 0 saturated carbocycles. The Hall–Kier alpha value is -0.800. The van der Waals surface area contributed by atoms with Crippen molar-refractivity contribution in [2.75, 3.05) is 13.7 Å². The van der Waals surface area contributed by atoms with E-state index in [2.05, 4.69) is 0 Å². The first-order valence-corrected chi connectivity index (χ1v) is 4.54. The zero-order valence-corrected chi connectivity index (χ0v) is 7.75. The summed E-state index contributed by atoms with van der Waals surface area (Å²) in [5, 5.41) is 10.2. The number of furan rings is 1. The summed E-state index contributed by atoms with van der Waals surface area (Å²) in [5.41, 5.74) is 0.0793. The third-order valence-electron chi connectivity index (χ3n) is 2.62. The van der Waals surface area contributed by atoms with Crippen LogP contribution in [0.1, 0.15) is 24.2 Å². The predicted octanol–water partition coefficient (Wildman–Crippen LogP) is 1.45. The predicted molar refractivity (Wildman–Crippen MR) is 47.4 cm³/mol. The molecule has 13 heavy (non-hydrogen) atoms. The lowest BCUT2D eigenvalue weighted by Gasteiger charge is -2.30. The van der Waals surface area contributed by atoms with Crippen LogP contribution in [0.5, 0.6) is 0 Å². The summed E-state index contributed by atoms with van der Waals surface area (Å²) in [6.45, 7) is 0.347. The topological polar surface area (TPSA) is 42.6 Å². The molecule has 3 nitrogen and oxygen atoms in total. The quantitative estimate of drug-likeness (QED) is 0.752. The molecule has 0 radical (unpaired) electrons. The van der Waals surface area contributed by atoms with Gasteiger partial charge in [0.2, 0.25) is 0 Å². The maximum absolute atomic E-state index is 10.2. The van der Waals surface area contributed by atoms with Crippen molar-refractivity contribution in [3.8, 4) is 0 Å². The second-order valence-electron chi connectivity index (χ2n) is 3.58. The van der Waals surface area contributed by atoms with E-state index in [1.54, 1.807) is 13.4 Å². The van der Waals surface area contributed by atoms with E-state index in [0.717, 1.165) is 30.6 Å². The standard InChI is InChI=1S/C10H14O3/c1-12-7-10(11)5-2-3-9-8(10)4-6-13-9/h4,6,11H,2-3,5,7H2,1H3. The van der Waals surface area contributed by atoms with Crippen LogP contribution in [0.4, 0.5) is 0 Å². The molecule has 1 N–H and O–H groups in total. The summed E-state index contributed by atoms with van der Waals surface area (Å²) in [7, 11) is 1.60. The van der Waals surface area contributed by atoms with Crippen LogP contribution in [0.25, 0.3) is 0 Å². The Labute approximate surface area is 77.3 Å². The van der Waals surface area contributed by atoms with E-state index < -0.39 is 5.60 Å². The van der Waals surface area contributed by atoms with Crippen LogP contribution >= 0.6 is 0 Å². The van der Waals surface area contributed by atoms with Crippen molar-refractivity contribution < 1.29 is 14.3 Å². The third kappa shape index (κ3) is 1.38. The van der Waals surface area contributed by atoms with Gasteiger partial charge in [-0.15, -0.1) is 0 Å². The van der Waals surface area contributed by atoms with Crippen molar-refractivity contribution in [2.45, 2.75) is 24.9 Å². The van der Waals surface area contributed by atoms with Crippen LogP contribution in [0.3, 0.4) is 0 Å². The fourth-order valence-corrected chi connectivity index (χ4v) is 2.01. The molecule has 1 aromatic heterocycles. The Morgan fingerprint density at radius 3 is 3.31 bits per heavy atom. The Morgan fingerprint density at radius 2 is 2.54 bits per heavy atom. The Kier molecular flexibility index (Phi) is 2.14. The van der Waals surface area contributed by atoms with Crippen LogP contribution in [0.15, 0.2) is 16.7 Å². The molecule has 0 aromatic carbocycles. The van der Waals surface area contributed by atoms with Gasteiger partial charge in [-0.25, -0.2) is 0 Å². The fourth-order valence-electron chi connectivity index (χ4n) is 2.01. The lowest BCUT2D eigenvalue weighted by atomic mass is 9.84. The average molecular weight is 182 g/mol. The minimum atomic E-state index is -0.824. The largest absolute Gasteiger partial charge is 0.469 e. The van der Waals surface area contributed by atoms with Gasteiger partial charge in [-0.1, -0.05) is 0 Å². The molecule has 72 valence electrons. The number of hydrogen-bond acceptors (Lipinski definition) is 3. The molecule has 0 bridgehead atoms. The molecule has 2 rings (SSSR count). The molecule has 3 heteroatoms. The van der Waals surface area contributed by atoms with E-state index in [1.165, 1.54) is 0 Å². The molecule has 1 atom stereocenters. The molecule has 1 aliphatic carbocycles. The van der Waals surface area contributed by atoms with Crippen LogP contribution < -0.4 is 0 Å². The number of fused-ring (bicyclic) bond motifs is 1. The van der Waals surface area contributed by atoms with E-state index in [-0.39, 0.29) is 0 Å². The van der Waals surface area contributed by atoms with E-state index in [0.29, 0.717) is 6.61 Å². The number of rotatable bonds is 2. The minimum Gasteiger partial charge on any atom is -0.469 e. The summed E-state index contributed by atoms with van der Waals surface area (Å²) < 4.78 is 10.3. The molecule has 1 aliphatic rings. The number of ether oxygens (including phenoxy) is 1. The smallest absolute Gasteiger partial charge is 0.116 e. The SMILES string of the molecule is COCC1(O)CCCc2occc21. The first kappa shape index (κ1) is 8.78. The zero-order chi connectivity index (χ0) is 9.31. The highest BCUT2D eigenvalue weighted by Gasteiger charge is 2.36. The van der Waals surface area contributed by atoms with Crippen LogP contribution in [0, 0.1) is 0 Å². The molecule has 0 fully saturated rings. The normalized spacial score (nSPS) is 27.2. The summed E-state index contributed by atoms with van der Waals surface area (Å²) in [6, 6.07) is 1.84. The lowest BCUT2D eigenvalue weighted by Crippen LogP contribution is -2.34. The van der Waals surface area contributed by atoms with Gasteiger partial charge in [-0.2, -0.15) is 0 Å². The molecule has 1 heterocycles. The van der Waals surface area contributed by atoms with Crippen molar-refractivity contribution in [1.29, 1.82) is 0 Å². The molecular weight excluding hydrogens is 168 g/mol. The van der Waals surface area contributed by atoms with Gasteiger partial charge in [0.1, 0.15) is 11.4 Å². The van der Waals surface area contributed by atoms with Crippen molar-refractivity contribution in [3.05, 3.63) is 23.7 Å². The maximum Gasteiger partial charge on any atom is 0.116 e. The fraction of sp³-hybridized carbons (Fsp3) is 0.600. The van der Waals surface area contributed by atoms with Crippen LogP contribution in [-0.4, -0.2) is 18.8 Å². The monoisotopic (exact) mass is 182 g/mol. The Morgan fingerprint density at radius 1 is 1.69 bits per heavy atom. The van der Waals surface area contributed by atoms with E-state index >= 15 is 0 Å².